The Labute approximate surface area is 158 Å². The Bertz CT molecular complexity index is 632. The molecule has 0 aliphatic rings. The number of hydrogen-bond acceptors (Lipinski definition) is 1. The van der Waals surface area contributed by atoms with Gasteiger partial charge in [-0.3, -0.25) is 4.99 Å². The summed E-state index contributed by atoms with van der Waals surface area (Å²) >= 11 is 5.86. The highest BCUT2D eigenvalue weighted by atomic mass is 127. The first-order chi connectivity index (χ1) is 10.7. The monoisotopic (exact) mass is 447 g/mol. The van der Waals surface area contributed by atoms with Gasteiger partial charge < -0.3 is 10.6 Å². The quantitative estimate of drug-likeness (QED) is 0.413. The molecule has 2 rings (SSSR count). The predicted molar refractivity (Wildman–Crippen MR) is 105 cm³/mol. The van der Waals surface area contributed by atoms with Gasteiger partial charge in [0.2, 0.25) is 0 Å². The Kier molecular flexibility index (Phi) is 8.94. The van der Waals surface area contributed by atoms with E-state index in [4.69, 9.17) is 11.6 Å². The van der Waals surface area contributed by atoms with Crippen molar-refractivity contribution in [1.82, 2.24) is 10.6 Å². The third-order valence-corrected chi connectivity index (χ3v) is 3.44. The summed E-state index contributed by atoms with van der Waals surface area (Å²) in [6.07, 6.45) is 0.736. The van der Waals surface area contributed by atoms with Gasteiger partial charge in [-0.2, -0.15) is 0 Å². The van der Waals surface area contributed by atoms with Gasteiger partial charge in [0.1, 0.15) is 5.82 Å². The highest BCUT2D eigenvalue weighted by molar-refractivity contribution is 14.0. The molecule has 0 bridgehead atoms. The van der Waals surface area contributed by atoms with E-state index in [-0.39, 0.29) is 29.8 Å². The second kappa shape index (κ2) is 10.4. The lowest BCUT2D eigenvalue weighted by Gasteiger charge is -2.12. The molecule has 0 saturated heterocycles. The van der Waals surface area contributed by atoms with Gasteiger partial charge in [-0.1, -0.05) is 35.9 Å². The molecule has 0 aliphatic heterocycles. The van der Waals surface area contributed by atoms with Crippen LogP contribution in [0.4, 0.5) is 4.39 Å². The first kappa shape index (κ1) is 19.7. The Morgan fingerprint density at radius 1 is 1.09 bits per heavy atom. The molecule has 3 nitrogen and oxygen atoms in total. The number of hydrogen-bond donors (Lipinski definition) is 2. The standard InChI is InChI=1S/C17H19ClFN3.HI/c1-20-17(22-12-14-5-7-15(18)8-6-14)21-10-9-13-3-2-4-16(19)11-13;/h2-8,11H,9-10,12H2,1H3,(H2,20,21,22);1H. The summed E-state index contributed by atoms with van der Waals surface area (Å²) in [5.41, 5.74) is 2.08. The van der Waals surface area contributed by atoms with E-state index in [1.165, 1.54) is 6.07 Å². The van der Waals surface area contributed by atoms with E-state index in [0.29, 0.717) is 19.0 Å². The van der Waals surface area contributed by atoms with Crippen molar-refractivity contribution < 1.29 is 4.39 Å². The van der Waals surface area contributed by atoms with Gasteiger partial charge in [-0.05, 0) is 41.8 Å². The molecular formula is C17H20ClFIN3. The lowest BCUT2D eigenvalue weighted by atomic mass is 10.1. The third kappa shape index (κ3) is 7.18. The van der Waals surface area contributed by atoms with Crippen LogP contribution >= 0.6 is 35.6 Å². The number of guanidine groups is 1. The lowest BCUT2D eigenvalue weighted by Crippen LogP contribution is -2.37. The van der Waals surface area contributed by atoms with Crippen molar-refractivity contribution in [2.45, 2.75) is 13.0 Å². The van der Waals surface area contributed by atoms with Crippen LogP contribution in [0.25, 0.3) is 0 Å². The minimum Gasteiger partial charge on any atom is -0.356 e. The van der Waals surface area contributed by atoms with Gasteiger partial charge in [0.05, 0.1) is 0 Å². The van der Waals surface area contributed by atoms with E-state index in [2.05, 4.69) is 15.6 Å². The van der Waals surface area contributed by atoms with Crippen molar-refractivity contribution in [2.75, 3.05) is 13.6 Å². The normalized spacial score (nSPS) is 10.8. The molecule has 0 heterocycles. The smallest absolute Gasteiger partial charge is 0.191 e. The Balaban J connectivity index is 0.00000264. The molecule has 2 aromatic carbocycles. The van der Waals surface area contributed by atoms with Gasteiger partial charge >= 0.3 is 0 Å². The second-order valence-electron chi connectivity index (χ2n) is 4.86. The summed E-state index contributed by atoms with van der Waals surface area (Å²) in [5, 5.41) is 7.16. The molecule has 0 aliphatic carbocycles. The van der Waals surface area contributed by atoms with Crippen molar-refractivity contribution in [2.24, 2.45) is 4.99 Å². The van der Waals surface area contributed by atoms with Crippen LogP contribution in [0.3, 0.4) is 0 Å². The van der Waals surface area contributed by atoms with Crippen molar-refractivity contribution in [3.05, 3.63) is 70.5 Å². The van der Waals surface area contributed by atoms with Crippen LogP contribution in [0.15, 0.2) is 53.5 Å². The topological polar surface area (TPSA) is 36.4 Å². The maximum atomic E-state index is 13.1. The van der Waals surface area contributed by atoms with Crippen LogP contribution in [0.5, 0.6) is 0 Å². The molecule has 23 heavy (non-hydrogen) atoms. The van der Waals surface area contributed by atoms with Crippen molar-refractivity contribution in [1.29, 1.82) is 0 Å². The first-order valence-corrected chi connectivity index (χ1v) is 7.48. The number of benzene rings is 2. The lowest BCUT2D eigenvalue weighted by molar-refractivity contribution is 0.625. The maximum Gasteiger partial charge on any atom is 0.191 e. The molecule has 6 heteroatoms. The van der Waals surface area contributed by atoms with Crippen LogP contribution in [-0.4, -0.2) is 19.6 Å². The zero-order valence-corrected chi connectivity index (χ0v) is 15.9. The SMILES string of the molecule is CN=C(NCCc1cccc(F)c1)NCc1ccc(Cl)cc1.I. The van der Waals surface area contributed by atoms with Crippen LogP contribution in [0.1, 0.15) is 11.1 Å². The van der Waals surface area contributed by atoms with E-state index in [9.17, 15) is 4.39 Å². The van der Waals surface area contributed by atoms with Gasteiger partial charge in [0.15, 0.2) is 5.96 Å². The molecule has 0 aromatic heterocycles. The zero-order chi connectivity index (χ0) is 15.8. The van der Waals surface area contributed by atoms with Crippen molar-refractivity contribution in [3.8, 4) is 0 Å². The highest BCUT2D eigenvalue weighted by Crippen LogP contribution is 2.09. The third-order valence-electron chi connectivity index (χ3n) is 3.19. The number of rotatable bonds is 5. The van der Waals surface area contributed by atoms with E-state index in [1.54, 1.807) is 19.2 Å². The zero-order valence-electron chi connectivity index (χ0n) is 12.9. The summed E-state index contributed by atoms with van der Waals surface area (Å²) in [6.45, 7) is 1.35. The number of aliphatic imine (C=N–C) groups is 1. The van der Waals surface area contributed by atoms with E-state index >= 15 is 0 Å². The summed E-state index contributed by atoms with van der Waals surface area (Å²) < 4.78 is 13.1. The first-order valence-electron chi connectivity index (χ1n) is 7.11. The highest BCUT2D eigenvalue weighted by Gasteiger charge is 2.00. The summed E-state index contributed by atoms with van der Waals surface area (Å²) in [6, 6.07) is 14.3. The van der Waals surface area contributed by atoms with E-state index in [0.717, 1.165) is 22.6 Å². The fraction of sp³-hybridized carbons (Fsp3) is 0.235. The van der Waals surface area contributed by atoms with E-state index < -0.39 is 0 Å². The molecule has 0 fully saturated rings. The number of nitrogens with one attached hydrogen (secondary N) is 2. The molecule has 124 valence electrons. The van der Waals surface area contributed by atoms with Gasteiger partial charge in [-0.15, -0.1) is 24.0 Å². The van der Waals surface area contributed by atoms with Gasteiger partial charge in [0.25, 0.3) is 0 Å². The number of halogens is 3. The van der Waals surface area contributed by atoms with Gasteiger partial charge in [-0.25, -0.2) is 4.39 Å². The van der Waals surface area contributed by atoms with Crippen LogP contribution < -0.4 is 10.6 Å². The van der Waals surface area contributed by atoms with Crippen LogP contribution in [0.2, 0.25) is 5.02 Å². The fourth-order valence-electron chi connectivity index (χ4n) is 2.03. The summed E-state index contributed by atoms with van der Waals surface area (Å²) in [7, 11) is 1.72. The Morgan fingerprint density at radius 3 is 2.48 bits per heavy atom. The molecule has 2 aromatic rings. The molecular weight excluding hydrogens is 428 g/mol. The van der Waals surface area contributed by atoms with Crippen LogP contribution in [-0.2, 0) is 13.0 Å². The largest absolute Gasteiger partial charge is 0.356 e. The van der Waals surface area contributed by atoms with Crippen molar-refractivity contribution in [3.63, 3.8) is 0 Å². The Morgan fingerprint density at radius 2 is 1.83 bits per heavy atom. The summed E-state index contributed by atoms with van der Waals surface area (Å²) in [4.78, 5) is 4.16. The molecule has 0 atom stereocenters. The van der Waals surface area contributed by atoms with Crippen LogP contribution in [0, 0.1) is 5.82 Å². The average molecular weight is 448 g/mol. The fourth-order valence-corrected chi connectivity index (χ4v) is 2.15. The molecule has 0 saturated carbocycles. The minimum atomic E-state index is -0.206. The molecule has 0 radical (unpaired) electrons. The maximum absolute atomic E-state index is 13.1. The Hall–Kier alpha value is -1.34. The predicted octanol–water partition coefficient (Wildman–Crippen LogP) is 4.00. The number of nitrogens with zero attached hydrogens (tertiary/aromatic N) is 1. The average Bonchev–Trinajstić information content (AvgIpc) is 2.52. The second-order valence-corrected chi connectivity index (χ2v) is 5.30. The van der Waals surface area contributed by atoms with Gasteiger partial charge in [0, 0.05) is 25.2 Å². The summed E-state index contributed by atoms with van der Waals surface area (Å²) in [5.74, 6) is 0.508. The molecule has 0 unspecified atom stereocenters. The van der Waals surface area contributed by atoms with Crippen molar-refractivity contribution >= 4 is 41.5 Å². The molecule has 2 N–H and O–H groups in total. The minimum absolute atomic E-state index is 0. The molecule has 0 spiro atoms. The van der Waals surface area contributed by atoms with E-state index in [1.807, 2.05) is 30.3 Å². The molecule has 0 amide bonds.